The minimum Gasteiger partial charge on any atom is -0.507 e. The summed E-state index contributed by atoms with van der Waals surface area (Å²) < 4.78 is 12.7. The number of amides is 1. The summed E-state index contributed by atoms with van der Waals surface area (Å²) in [5, 5.41) is 11.2. The van der Waals surface area contributed by atoms with E-state index in [1.807, 2.05) is 29.8 Å². The smallest absolute Gasteiger partial charge is 0.295 e. The number of methoxy groups -OCH3 is 2. The number of Topliss-reactive ketones (excluding diaryl/α,β-unsaturated/α-hetero) is 1. The van der Waals surface area contributed by atoms with Crippen molar-refractivity contribution in [1.82, 2.24) is 14.5 Å². The number of likely N-dealkylation sites (tertiary alicyclic amines) is 1. The molecule has 2 heterocycles. The summed E-state index contributed by atoms with van der Waals surface area (Å²) in [5.74, 6) is -0.545. The van der Waals surface area contributed by atoms with E-state index in [9.17, 15) is 14.7 Å². The van der Waals surface area contributed by atoms with Crippen molar-refractivity contribution in [1.29, 1.82) is 0 Å². The number of benzene rings is 2. The lowest BCUT2D eigenvalue weighted by atomic mass is 9.94. The highest BCUT2D eigenvalue weighted by atomic mass is 16.5. The van der Waals surface area contributed by atoms with Gasteiger partial charge in [0.15, 0.2) is 11.5 Å². The summed E-state index contributed by atoms with van der Waals surface area (Å²) in [7, 11) is 3.06. The van der Waals surface area contributed by atoms with Gasteiger partial charge in [-0.05, 0) is 31.0 Å². The van der Waals surface area contributed by atoms with Crippen LogP contribution in [0.3, 0.4) is 0 Å². The van der Waals surface area contributed by atoms with Crippen LogP contribution in [0.1, 0.15) is 29.2 Å². The van der Waals surface area contributed by atoms with Gasteiger partial charge >= 0.3 is 0 Å². The number of aliphatic hydroxyl groups excluding tert-OH is 1. The van der Waals surface area contributed by atoms with Crippen LogP contribution in [0.2, 0.25) is 0 Å². The molecule has 0 unspecified atom stereocenters. The molecule has 1 aliphatic heterocycles. The Morgan fingerprint density at radius 2 is 1.76 bits per heavy atom. The Morgan fingerprint density at radius 1 is 1.03 bits per heavy atom. The molecule has 1 aromatic heterocycles. The first kappa shape index (κ1) is 23.1. The number of ketones is 1. The van der Waals surface area contributed by atoms with E-state index in [0.717, 1.165) is 5.56 Å². The van der Waals surface area contributed by atoms with Crippen LogP contribution in [-0.2, 0) is 16.1 Å². The highest BCUT2D eigenvalue weighted by Crippen LogP contribution is 2.42. The summed E-state index contributed by atoms with van der Waals surface area (Å²) in [6, 6.07) is 11.7. The van der Waals surface area contributed by atoms with Crippen LogP contribution in [0.4, 0.5) is 0 Å². The summed E-state index contributed by atoms with van der Waals surface area (Å²) in [5.41, 5.74) is 2.21. The number of nitrogens with zero attached hydrogens (tertiary/aromatic N) is 3. The molecule has 1 atom stereocenters. The zero-order chi connectivity index (χ0) is 24.2. The average molecular weight is 462 g/mol. The Morgan fingerprint density at radius 3 is 2.41 bits per heavy atom. The molecule has 0 bridgehead atoms. The minimum atomic E-state index is -0.760. The molecule has 1 saturated heterocycles. The van der Waals surface area contributed by atoms with Gasteiger partial charge in [-0.15, -0.1) is 0 Å². The van der Waals surface area contributed by atoms with E-state index in [1.165, 1.54) is 19.1 Å². The number of carbonyl (C=O) groups is 2. The molecule has 1 fully saturated rings. The molecule has 8 nitrogen and oxygen atoms in total. The minimum absolute atomic E-state index is 0.0590. The van der Waals surface area contributed by atoms with Gasteiger partial charge in [-0.25, -0.2) is 4.98 Å². The Labute approximate surface area is 198 Å². The number of hydrogen-bond donors (Lipinski definition) is 1. The molecule has 0 aliphatic carbocycles. The van der Waals surface area contributed by atoms with E-state index in [1.54, 1.807) is 42.9 Å². The first-order chi connectivity index (χ1) is 16.4. The lowest BCUT2D eigenvalue weighted by molar-refractivity contribution is -0.139. The van der Waals surface area contributed by atoms with Crippen LogP contribution < -0.4 is 9.47 Å². The molecule has 0 spiro atoms. The summed E-state index contributed by atoms with van der Waals surface area (Å²) in [4.78, 5) is 31.8. The molecule has 2 aromatic carbocycles. The van der Waals surface area contributed by atoms with Crippen LogP contribution in [0.25, 0.3) is 5.76 Å². The predicted octanol–water partition coefficient (Wildman–Crippen LogP) is 3.72. The molecule has 34 heavy (non-hydrogen) atoms. The fourth-order valence-electron chi connectivity index (χ4n) is 4.19. The zero-order valence-corrected chi connectivity index (χ0v) is 19.4. The second-order valence-electron chi connectivity index (χ2n) is 8.13. The number of rotatable bonds is 8. The van der Waals surface area contributed by atoms with E-state index < -0.39 is 17.7 Å². The first-order valence-corrected chi connectivity index (χ1v) is 11.0. The van der Waals surface area contributed by atoms with Gasteiger partial charge in [0.1, 0.15) is 5.76 Å². The van der Waals surface area contributed by atoms with E-state index >= 15 is 0 Å². The second kappa shape index (κ2) is 9.82. The van der Waals surface area contributed by atoms with Gasteiger partial charge in [0.2, 0.25) is 0 Å². The standard InChI is InChI=1S/C26H27N3O5/c1-17-5-7-18(8-6-17)24(30)22-23(19-9-10-20(33-2)21(15-19)34-3)29(26(32)25(22)31)13-4-12-28-14-11-27-16-28/h5-11,14-16,23,30H,4,12-13H2,1-3H3/t23-/m1/s1. The fraction of sp³-hybridized carbons (Fsp3) is 0.269. The van der Waals surface area contributed by atoms with Gasteiger partial charge in [0.05, 0.1) is 32.2 Å². The van der Waals surface area contributed by atoms with Crippen molar-refractivity contribution < 1.29 is 24.2 Å². The van der Waals surface area contributed by atoms with Gasteiger partial charge in [-0.1, -0.05) is 35.9 Å². The Kier molecular flexibility index (Phi) is 6.67. The molecule has 3 aromatic rings. The Hall–Kier alpha value is -4.07. The van der Waals surface area contributed by atoms with Crippen molar-refractivity contribution in [2.24, 2.45) is 0 Å². The molecule has 0 saturated carbocycles. The van der Waals surface area contributed by atoms with Crippen molar-refractivity contribution in [3.63, 3.8) is 0 Å². The van der Waals surface area contributed by atoms with E-state index in [4.69, 9.17) is 9.47 Å². The van der Waals surface area contributed by atoms with Crippen LogP contribution in [0, 0.1) is 6.92 Å². The maximum atomic E-state index is 13.2. The van der Waals surface area contributed by atoms with Gasteiger partial charge < -0.3 is 24.0 Å². The molecule has 1 N–H and O–H groups in total. The number of aryl methyl sites for hydroxylation is 2. The van der Waals surface area contributed by atoms with Gasteiger partial charge in [-0.3, -0.25) is 9.59 Å². The van der Waals surface area contributed by atoms with E-state index in [0.29, 0.717) is 42.1 Å². The van der Waals surface area contributed by atoms with Gasteiger partial charge in [-0.2, -0.15) is 0 Å². The lowest BCUT2D eigenvalue weighted by Gasteiger charge is -2.26. The summed E-state index contributed by atoms with van der Waals surface area (Å²) in [6.07, 6.45) is 5.85. The van der Waals surface area contributed by atoms with Crippen molar-refractivity contribution in [2.45, 2.75) is 25.9 Å². The SMILES string of the molecule is COc1ccc([C@@H]2C(=C(O)c3ccc(C)cc3)C(=O)C(=O)N2CCCn2ccnc2)cc1OC. The third-order valence-corrected chi connectivity index (χ3v) is 5.96. The monoisotopic (exact) mass is 461 g/mol. The molecule has 4 rings (SSSR count). The van der Waals surface area contributed by atoms with Crippen LogP contribution >= 0.6 is 0 Å². The van der Waals surface area contributed by atoms with Crippen molar-refractivity contribution in [3.05, 3.63) is 83.4 Å². The zero-order valence-electron chi connectivity index (χ0n) is 19.4. The topological polar surface area (TPSA) is 93.9 Å². The molecule has 1 amide bonds. The van der Waals surface area contributed by atoms with Gasteiger partial charge in [0.25, 0.3) is 11.7 Å². The maximum Gasteiger partial charge on any atom is 0.295 e. The molecule has 0 radical (unpaired) electrons. The average Bonchev–Trinajstić information content (AvgIpc) is 3.46. The number of hydrogen-bond acceptors (Lipinski definition) is 6. The van der Waals surface area contributed by atoms with Crippen LogP contribution in [0.15, 0.2) is 66.8 Å². The molecular formula is C26H27N3O5. The Balaban J connectivity index is 1.77. The quantitative estimate of drug-likeness (QED) is 0.312. The first-order valence-electron chi connectivity index (χ1n) is 11.0. The van der Waals surface area contributed by atoms with E-state index in [2.05, 4.69) is 4.98 Å². The molecule has 176 valence electrons. The normalized spacial score (nSPS) is 17.3. The number of aliphatic hydroxyl groups is 1. The summed E-state index contributed by atoms with van der Waals surface area (Å²) >= 11 is 0. The molecular weight excluding hydrogens is 434 g/mol. The largest absolute Gasteiger partial charge is 0.507 e. The highest BCUT2D eigenvalue weighted by Gasteiger charge is 2.46. The highest BCUT2D eigenvalue weighted by molar-refractivity contribution is 6.46. The Bertz CT molecular complexity index is 1220. The summed E-state index contributed by atoms with van der Waals surface area (Å²) in [6.45, 7) is 2.90. The predicted molar refractivity (Wildman–Crippen MR) is 127 cm³/mol. The molecule has 8 heteroatoms. The fourth-order valence-corrected chi connectivity index (χ4v) is 4.19. The third kappa shape index (κ3) is 4.39. The van der Waals surface area contributed by atoms with Crippen molar-refractivity contribution in [3.8, 4) is 11.5 Å². The van der Waals surface area contributed by atoms with Crippen LogP contribution in [0.5, 0.6) is 11.5 Å². The molecule has 1 aliphatic rings. The maximum absolute atomic E-state index is 13.2. The van der Waals surface area contributed by atoms with E-state index in [-0.39, 0.29) is 11.3 Å². The second-order valence-corrected chi connectivity index (χ2v) is 8.13. The van der Waals surface area contributed by atoms with Crippen molar-refractivity contribution in [2.75, 3.05) is 20.8 Å². The number of carbonyl (C=O) groups excluding carboxylic acids is 2. The third-order valence-electron chi connectivity index (χ3n) is 5.96. The number of imidazole rings is 1. The number of aromatic nitrogens is 2. The number of ether oxygens (including phenoxy) is 2. The lowest BCUT2D eigenvalue weighted by Crippen LogP contribution is -2.31. The van der Waals surface area contributed by atoms with Crippen molar-refractivity contribution >= 4 is 17.4 Å². The van der Waals surface area contributed by atoms with Crippen LogP contribution in [-0.4, -0.2) is 52.0 Å². The van der Waals surface area contributed by atoms with Gasteiger partial charge in [0, 0.05) is 31.0 Å².